The summed E-state index contributed by atoms with van der Waals surface area (Å²) >= 11 is 0. The van der Waals surface area contributed by atoms with E-state index in [0.717, 1.165) is 12.2 Å². The first-order chi connectivity index (χ1) is 7.67. The Bertz CT molecular complexity index is 470. The van der Waals surface area contributed by atoms with Crippen molar-refractivity contribution < 1.29 is 0 Å². The third-order valence-electron chi connectivity index (χ3n) is 1.99. The van der Waals surface area contributed by atoms with Crippen molar-refractivity contribution in [1.82, 2.24) is 19.7 Å². The highest BCUT2D eigenvalue weighted by Gasteiger charge is 2.02. The summed E-state index contributed by atoms with van der Waals surface area (Å²) in [6.07, 6.45) is 3.58. The van der Waals surface area contributed by atoms with E-state index in [1.165, 1.54) is 0 Å². The second-order valence-electron chi connectivity index (χ2n) is 3.25. The molecule has 16 heavy (non-hydrogen) atoms. The fraction of sp³-hybridized carbons (Fsp3) is 0.222. The van der Waals surface area contributed by atoms with Gasteiger partial charge in [0.05, 0.1) is 11.9 Å². The van der Waals surface area contributed by atoms with Crippen LogP contribution in [0.25, 0.3) is 0 Å². The summed E-state index contributed by atoms with van der Waals surface area (Å²) in [5.41, 5.74) is 11.9. The van der Waals surface area contributed by atoms with Crippen LogP contribution in [0.15, 0.2) is 18.5 Å². The van der Waals surface area contributed by atoms with Gasteiger partial charge in [-0.3, -0.25) is 4.68 Å². The molecule has 5 N–H and O–H groups in total. The van der Waals surface area contributed by atoms with E-state index in [1.807, 2.05) is 13.1 Å². The van der Waals surface area contributed by atoms with Gasteiger partial charge in [0.15, 0.2) is 0 Å². The van der Waals surface area contributed by atoms with Gasteiger partial charge in [0.2, 0.25) is 5.95 Å². The standard InChI is InChI=1S/C9H13N7/c1-2-16-5-6(4-12-16)13-8-3-7(10)14-9(11)15-8/h3-5H,2H2,1H3,(H5,10,11,13,14,15). The molecule has 0 aliphatic rings. The van der Waals surface area contributed by atoms with Gasteiger partial charge in [-0.2, -0.15) is 15.1 Å². The lowest BCUT2D eigenvalue weighted by molar-refractivity contribution is 0.660. The van der Waals surface area contributed by atoms with E-state index in [4.69, 9.17) is 11.5 Å². The number of nitrogens with zero attached hydrogens (tertiary/aromatic N) is 4. The van der Waals surface area contributed by atoms with Crippen LogP contribution in [0.1, 0.15) is 6.92 Å². The summed E-state index contributed by atoms with van der Waals surface area (Å²) in [5.74, 6) is 1.03. The molecule has 0 unspecified atom stereocenters. The zero-order valence-electron chi connectivity index (χ0n) is 8.88. The van der Waals surface area contributed by atoms with Crippen molar-refractivity contribution in [1.29, 1.82) is 0 Å². The van der Waals surface area contributed by atoms with Gasteiger partial charge in [-0.25, -0.2) is 0 Å². The average molecular weight is 219 g/mol. The minimum atomic E-state index is 0.144. The van der Waals surface area contributed by atoms with Crippen LogP contribution < -0.4 is 16.8 Å². The predicted octanol–water partition coefficient (Wildman–Crippen LogP) is 0.601. The molecule has 0 aliphatic carbocycles. The summed E-state index contributed by atoms with van der Waals surface area (Å²) in [4.78, 5) is 7.78. The highest BCUT2D eigenvalue weighted by molar-refractivity contribution is 5.58. The van der Waals surface area contributed by atoms with E-state index in [1.54, 1.807) is 16.9 Å². The van der Waals surface area contributed by atoms with Crippen LogP contribution in [0.4, 0.5) is 23.3 Å². The number of nitrogens with two attached hydrogens (primary N) is 2. The first-order valence-corrected chi connectivity index (χ1v) is 4.87. The first-order valence-electron chi connectivity index (χ1n) is 4.87. The molecule has 84 valence electrons. The van der Waals surface area contributed by atoms with Crippen LogP contribution in [0, 0.1) is 0 Å². The zero-order valence-corrected chi connectivity index (χ0v) is 8.88. The van der Waals surface area contributed by atoms with Crippen molar-refractivity contribution >= 4 is 23.3 Å². The molecule has 0 spiro atoms. The topological polar surface area (TPSA) is 108 Å². The molecule has 2 heterocycles. The Kier molecular flexibility index (Phi) is 2.59. The minimum Gasteiger partial charge on any atom is -0.383 e. The van der Waals surface area contributed by atoms with Crippen LogP contribution in [0.2, 0.25) is 0 Å². The molecule has 2 rings (SSSR count). The van der Waals surface area contributed by atoms with Gasteiger partial charge < -0.3 is 16.8 Å². The molecule has 7 heteroatoms. The maximum Gasteiger partial charge on any atom is 0.223 e. The molecule has 2 aromatic rings. The number of nitrogen functional groups attached to an aromatic ring is 2. The third-order valence-corrected chi connectivity index (χ3v) is 1.99. The lowest BCUT2D eigenvalue weighted by Gasteiger charge is -2.03. The van der Waals surface area contributed by atoms with Crippen LogP contribution in [-0.4, -0.2) is 19.7 Å². The highest BCUT2D eigenvalue weighted by Crippen LogP contribution is 2.15. The maximum atomic E-state index is 5.55. The van der Waals surface area contributed by atoms with Crippen LogP contribution in [0.3, 0.4) is 0 Å². The van der Waals surface area contributed by atoms with Crippen LogP contribution >= 0.6 is 0 Å². The lowest BCUT2D eigenvalue weighted by atomic mass is 10.5. The molecule has 0 radical (unpaired) electrons. The van der Waals surface area contributed by atoms with E-state index < -0.39 is 0 Å². The van der Waals surface area contributed by atoms with Crippen LogP contribution in [-0.2, 0) is 6.54 Å². The number of hydrogen-bond donors (Lipinski definition) is 3. The first kappa shape index (κ1) is 10.2. The molecule has 0 atom stereocenters. The number of aryl methyl sites for hydroxylation is 1. The smallest absolute Gasteiger partial charge is 0.223 e. The van der Waals surface area contributed by atoms with Crippen molar-refractivity contribution in [2.24, 2.45) is 0 Å². The van der Waals surface area contributed by atoms with Gasteiger partial charge in [0.1, 0.15) is 11.6 Å². The van der Waals surface area contributed by atoms with Gasteiger partial charge >= 0.3 is 0 Å². The van der Waals surface area contributed by atoms with Gasteiger partial charge in [0, 0.05) is 18.8 Å². The second-order valence-corrected chi connectivity index (χ2v) is 3.25. The maximum absolute atomic E-state index is 5.55. The Morgan fingerprint density at radius 1 is 1.38 bits per heavy atom. The van der Waals surface area contributed by atoms with Crippen molar-refractivity contribution in [2.75, 3.05) is 16.8 Å². The second kappa shape index (κ2) is 4.05. The largest absolute Gasteiger partial charge is 0.383 e. The van der Waals surface area contributed by atoms with E-state index in [9.17, 15) is 0 Å². The number of nitrogens with one attached hydrogen (secondary N) is 1. The SMILES string of the molecule is CCn1cc(Nc2cc(N)nc(N)n2)cn1. The van der Waals surface area contributed by atoms with Gasteiger partial charge in [-0.15, -0.1) is 0 Å². The monoisotopic (exact) mass is 219 g/mol. The molecule has 0 amide bonds. The normalized spacial score (nSPS) is 10.3. The molecule has 7 nitrogen and oxygen atoms in total. The van der Waals surface area contributed by atoms with Crippen molar-refractivity contribution in [3.05, 3.63) is 18.5 Å². The predicted molar refractivity (Wildman–Crippen MR) is 62.0 cm³/mol. The Hall–Kier alpha value is -2.31. The summed E-state index contributed by atoms with van der Waals surface area (Å²) in [5, 5.41) is 7.17. The Morgan fingerprint density at radius 2 is 2.19 bits per heavy atom. The summed E-state index contributed by atoms with van der Waals surface area (Å²) in [6.45, 7) is 2.83. The third kappa shape index (κ3) is 2.19. The van der Waals surface area contributed by atoms with E-state index in [-0.39, 0.29) is 5.95 Å². The number of anilines is 4. The summed E-state index contributed by atoms with van der Waals surface area (Å²) in [7, 11) is 0. The number of rotatable bonds is 3. The number of aromatic nitrogens is 4. The van der Waals surface area contributed by atoms with Gasteiger partial charge in [0.25, 0.3) is 0 Å². The number of hydrogen-bond acceptors (Lipinski definition) is 6. The minimum absolute atomic E-state index is 0.144. The van der Waals surface area contributed by atoms with E-state index in [2.05, 4.69) is 20.4 Å². The van der Waals surface area contributed by atoms with Crippen molar-refractivity contribution in [3.63, 3.8) is 0 Å². The van der Waals surface area contributed by atoms with Crippen molar-refractivity contribution in [3.8, 4) is 0 Å². The quantitative estimate of drug-likeness (QED) is 0.697. The molecule has 0 saturated carbocycles. The average Bonchev–Trinajstić information content (AvgIpc) is 2.64. The fourth-order valence-electron chi connectivity index (χ4n) is 1.30. The molecule has 0 fully saturated rings. The summed E-state index contributed by atoms with van der Waals surface area (Å²) in [6, 6.07) is 1.61. The lowest BCUT2D eigenvalue weighted by Crippen LogP contribution is -2.02. The molecule has 0 bridgehead atoms. The highest BCUT2D eigenvalue weighted by atomic mass is 15.3. The molecular formula is C9H13N7. The Labute approximate surface area is 92.5 Å². The van der Waals surface area contributed by atoms with Gasteiger partial charge in [-0.05, 0) is 6.92 Å². The molecule has 0 aliphatic heterocycles. The molecule has 0 aromatic carbocycles. The van der Waals surface area contributed by atoms with Gasteiger partial charge in [-0.1, -0.05) is 0 Å². The fourth-order valence-corrected chi connectivity index (χ4v) is 1.30. The Morgan fingerprint density at radius 3 is 2.81 bits per heavy atom. The van der Waals surface area contributed by atoms with E-state index >= 15 is 0 Å². The van der Waals surface area contributed by atoms with Crippen molar-refractivity contribution in [2.45, 2.75) is 13.5 Å². The molecular weight excluding hydrogens is 206 g/mol. The van der Waals surface area contributed by atoms with E-state index in [0.29, 0.717) is 11.6 Å². The molecule has 2 aromatic heterocycles. The molecule has 0 saturated heterocycles. The summed E-state index contributed by atoms with van der Waals surface area (Å²) < 4.78 is 1.80. The zero-order chi connectivity index (χ0) is 11.5. The Balaban J connectivity index is 2.19. The van der Waals surface area contributed by atoms with Crippen LogP contribution in [0.5, 0.6) is 0 Å².